The minimum atomic E-state index is -0.179. The van der Waals surface area contributed by atoms with E-state index >= 15 is 0 Å². The smallest absolute Gasteiger partial charge is 0.315 e. The van der Waals surface area contributed by atoms with Crippen LogP contribution in [-0.4, -0.2) is 42.0 Å². The molecule has 0 radical (unpaired) electrons. The zero-order valence-corrected chi connectivity index (χ0v) is 12.0. The number of benzene rings is 1. The number of likely N-dealkylation sites (tertiary alicyclic amines) is 1. The van der Waals surface area contributed by atoms with Gasteiger partial charge in [0.25, 0.3) is 0 Å². The molecule has 1 aromatic rings. The zero-order valence-electron chi connectivity index (χ0n) is 12.0. The van der Waals surface area contributed by atoms with E-state index in [4.69, 9.17) is 0 Å². The molecule has 2 aliphatic rings. The first kappa shape index (κ1) is 13.9. The lowest BCUT2D eigenvalue weighted by Crippen LogP contribution is -2.44. The summed E-state index contributed by atoms with van der Waals surface area (Å²) in [5, 5.41) is 5.75. The Morgan fingerprint density at radius 2 is 2.00 bits per heavy atom. The lowest BCUT2D eigenvalue weighted by molar-refractivity contribution is -0.128. The summed E-state index contributed by atoms with van der Waals surface area (Å²) in [6.07, 6.45) is 3.47. The maximum absolute atomic E-state index is 11.8. The summed E-state index contributed by atoms with van der Waals surface area (Å²) in [6, 6.07) is 10.3. The fourth-order valence-electron chi connectivity index (χ4n) is 2.77. The first-order chi connectivity index (χ1) is 10.2. The summed E-state index contributed by atoms with van der Waals surface area (Å²) >= 11 is 0. The molecule has 1 aliphatic carbocycles. The highest BCUT2D eigenvalue weighted by Gasteiger charge is 2.39. The van der Waals surface area contributed by atoms with Gasteiger partial charge in [0.2, 0.25) is 5.91 Å². The van der Waals surface area contributed by atoms with Gasteiger partial charge in [-0.1, -0.05) is 30.3 Å². The first-order valence-electron chi connectivity index (χ1n) is 7.60. The number of hydrogen-bond acceptors (Lipinski definition) is 2. The van der Waals surface area contributed by atoms with E-state index in [-0.39, 0.29) is 18.0 Å². The highest BCUT2D eigenvalue weighted by atomic mass is 16.2. The van der Waals surface area contributed by atoms with E-state index in [2.05, 4.69) is 10.6 Å². The third-order valence-electron chi connectivity index (χ3n) is 4.02. The number of rotatable bonds is 5. The van der Waals surface area contributed by atoms with E-state index in [1.54, 1.807) is 0 Å². The molecule has 0 aromatic heterocycles. The molecule has 5 heteroatoms. The van der Waals surface area contributed by atoms with E-state index < -0.39 is 0 Å². The normalized spacial score (nSPS) is 21.4. The van der Waals surface area contributed by atoms with Gasteiger partial charge >= 0.3 is 6.03 Å². The van der Waals surface area contributed by atoms with E-state index in [0.29, 0.717) is 25.6 Å². The largest absolute Gasteiger partial charge is 0.338 e. The molecule has 21 heavy (non-hydrogen) atoms. The molecule has 2 N–H and O–H groups in total. The van der Waals surface area contributed by atoms with Gasteiger partial charge in [-0.3, -0.25) is 4.79 Å². The molecule has 3 rings (SSSR count). The quantitative estimate of drug-likeness (QED) is 0.857. The van der Waals surface area contributed by atoms with Crippen LogP contribution in [0.5, 0.6) is 0 Å². The number of carbonyl (C=O) groups excluding carboxylic acids is 2. The molecule has 112 valence electrons. The van der Waals surface area contributed by atoms with E-state index in [0.717, 1.165) is 19.3 Å². The Morgan fingerprint density at radius 3 is 2.71 bits per heavy atom. The Kier molecular flexibility index (Phi) is 4.08. The van der Waals surface area contributed by atoms with Gasteiger partial charge in [0.15, 0.2) is 0 Å². The number of hydrogen-bond donors (Lipinski definition) is 2. The fraction of sp³-hybridized carbons (Fsp3) is 0.500. The lowest BCUT2D eigenvalue weighted by atomic mass is 10.1. The van der Waals surface area contributed by atoms with Crippen LogP contribution in [0.2, 0.25) is 0 Å². The maximum Gasteiger partial charge on any atom is 0.315 e. The second-order valence-electron chi connectivity index (χ2n) is 5.81. The number of nitrogens with one attached hydrogen (secondary N) is 2. The van der Waals surface area contributed by atoms with Gasteiger partial charge in [-0.15, -0.1) is 0 Å². The molecule has 1 aromatic carbocycles. The number of nitrogens with zero attached hydrogens (tertiary/aromatic N) is 1. The van der Waals surface area contributed by atoms with Crippen molar-refractivity contribution in [3.8, 4) is 0 Å². The molecule has 1 aliphatic heterocycles. The maximum atomic E-state index is 11.8. The molecule has 2 fully saturated rings. The SMILES string of the molecule is O=C(NCCc1ccccc1)N[C@@H]1CC(=O)N(C2CC2)C1. The summed E-state index contributed by atoms with van der Waals surface area (Å²) in [5.74, 6) is 0.173. The van der Waals surface area contributed by atoms with Crippen LogP contribution in [0.25, 0.3) is 0 Å². The average molecular weight is 287 g/mol. The standard InChI is InChI=1S/C16H21N3O2/c20-15-10-13(11-19(15)14-6-7-14)18-16(21)17-9-8-12-4-2-1-3-5-12/h1-5,13-14H,6-11H2,(H2,17,18,21)/t13-/m1/s1. The van der Waals surface area contributed by atoms with Crippen molar-refractivity contribution in [1.82, 2.24) is 15.5 Å². The van der Waals surface area contributed by atoms with Crippen LogP contribution in [0.4, 0.5) is 4.79 Å². The van der Waals surface area contributed by atoms with Crippen molar-refractivity contribution >= 4 is 11.9 Å². The molecule has 0 unspecified atom stereocenters. The summed E-state index contributed by atoms with van der Waals surface area (Å²) in [5.41, 5.74) is 1.20. The molecular weight excluding hydrogens is 266 g/mol. The monoisotopic (exact) mass is 287 g/mol. The minimum Gasteiger partial charge on any atom is -0.338 e. The molecule has 1 saturated carbocycles. The van der Waals surface area contributed by atoms with Crippen molar-refractivity contribution in [3.63, 3.8) is 0 Å². The predicted molar refractivity (Wildman–Crippen MR) is 79.8 cm³/mol. The van der Waals surface area contributed by atoms with Crippen molar-refractivity contribution in [3.05, 3.63) is 35.9 Å². The van der Waals surface area contributed by atoms with Gasteiger partial charge in [0.1, 0.15) is 0 Å². The Hall–Kier alpha value is -2.04. The van der Waals surface area contributed by atoms with Crippen molar-refractivity contribution in [2.75, 3.05) is 13.1 Å². The molecule has 1 saturated heterocycles. The summed E-state index contributed by atoms with van der Waals surface area (Å²) < 4.78 is 0. The molecule has 5 nitrogen and oxygen atoms in total. The zero-order chi connectivity index (χ0) is 14.7. The topological polar surface area (TPSA) is 61.4 Å². The van der Waals surface area contributed by atoms with Crippen LogP contribution in [0, 0.1) is 0 Å². The third kappa shape index (κ3) is 3.74. The van der Waals surface area contributed by atoms with Crippen LogP contribution >= 0.6 is 0 Å². The van der Waals surface area contributed by atoms with Crippen molar-refractivity contribution in [2.45, 2.75) is 37.8 Å². The number of amides is 3. The molecule has 1 atom stereocenters. The second kappa shape index (κ2) is 6.16. The van der Waals surface area contributed by atoms with Crippen LogP contribution in [0.1, 0.15) is 24.8 Å². The van der Waals surface area contributed by atoms with Crippen molar-refractivity contribution in [1.29, 1.82) is 0 Å². The molecule has 0 bridgehead atoms. The Balaban J connectivity index is 1.37. The predicted octanol–water partition coefficient (Wildman–Crippen LogP) is 1.29. The van der Waals surface area contributed by atoms with Crippen molar-refractivity contribution < 1.29 is 9.59 Å². The van der Waals surface area contributed by atoms with Gasteiger partial charge in [-0.25, -0.2) is 4.79 Å². The van der Waals surface area contributed by atoms with Gasteiger partial charge in [0.05, 0.1) is 6.04 Å². The van der Waals surface area contributed by atoms with Crippen LogP contribution in [0.15, 0.2) is 30.3 Å². The van der Waals surface area contributed by atoms with Gasteiger partial charge in [-0.05, 0) is 24.8 Å². The van der Waals surface area contributed by atoms with Crippen LogP contribution in [-0.2, 0) is 11.2 Å². The fourth-order valence-corrected chi connectivity index (χ4v) is 2.77. The van der Waals surface area contributed by atoms with E-state index in [9.17, 15) is 9.59 Å². The molecule has 3 amide bonds. The lowest BCUT2D eigenvalue weighted by Gasteiger charge is -2.16. The third-order valence-corrected chi connectivity index (χ3v) is 4.02. The first-order valence-corrected chi connectivity index (χ1v) is 7.60. The molecule has 1 heterocycles. The number of carbonyl (C=O) groups is 2. The van der Waals surface area contributed by atoms with Crippen molar-refractivity contribution in [2.24, 2.45) is 0 Å². The van der Waals surface area contributed by atoms with Crippen LogP contribution < -0.4 is 10.6 Å². The number of urea groups is 1. The Bertz CT molecular complexity index is 514. The van der Waals surface area contributed by atoms with E-state index in [1.165, 1.54) is 5.56 Å². The van der Waals surface area contributed by atoms with Crippen LogP contribution in [0.3, 0.4) is 0 Å². The highest BCUT2D eigenvalue weighted by molar-refractivity contribution is 5.82. The Morgan fingerprint density at radius 1 is 1.24 bits per heavy atom. The second-order valence-corrected chi connectivity index (χ2v) is 5.81. The summed E-state index contributed by atoms with van der Waals surface area (Å²) in [7, 11) is 0. The van der Waals surface area contributed by atoms with E-state index in [1.807, 2.05) is 35.2 Å². The van der Waals surface area contributed by atoms with Gasteiger partial charge in [0, 0.05) is 25.6 Å². The average Bonchev–Trinajstić information content (AvgIpc) is 3.24. The molecular formula is C16H21N3O2. The Labute approximate surface area is 124 Å². The molecule has 0 spiro atoms. The van der Waals surface area contributed by atoms with Gasteiger partial charge < -0.3 is 15.5 Å². The highest BCUT2D eigenvalue weighted by Crippen LogP contribution is 2.30. The summed E-state index contributed by atoms with van der Waals surface area (Å²) in [4.78, 5) is 25.5. The summed E-state index contributed by atoms with van der Waals surface area (Å²) in [6.45, 7) is 1.26. The van der Waals surface area contributed by atoms with Gasteiger partial charge in [-0.2, -0.15) is 0 Å². The minimum absolute atomic E-state index is 0.0465.